The molecule has 1 aromatic carbocycles. The standard InChI is InChI=1S/C11H8ClF3N2S/c12-7-1-2-17-9-6(7)3-5(11(13,14)15)4-8(9)18-10(17)16/h3-4,7,16H,1-2H2. The number of aryl methyl sites for hydroxylation is 1. The zero-order valence-electron chi connectivity index (χ0n) is 9.01. The molecule has 0 saturated carbocycles. The van der Waals surface area contributed by atoms with E-state index in [0.29, 0.717) is 28.7 Å². The van der Waals surface area contributed by atoms with E-state index < -0.39 is 17.1 Å². The average Bonchev–Trinajstić information content (AvgIpc) is 2.59. The van der Waals surface area contributed by atoms with Crippen LogP contribution in [0.5, 0.6) is 0 Å². The summed E-state index contributed by atoms with van der Waals surface area (Å²) >= 11 is 7.17. The quantitative estimate of drug-likeness (QED) is 0.714. The summed E-state index contributed by atoms with van der Waals surface area (Å²) in [6.07, 6.45) is -3.83. The number of hydrogen-bond acceptors (Lipinski definition) is 2. The number of halogens is 4. The molecule has 1 aliphatic rings. The lowest BCUT2D eigenvalue weighted by atomic mass is 10.0. The number of aromatic nitrogens is 1. The molecule has 2 nitrogen and oxygen atoms in total. The van der Waals surface area contributed by atoms with Gasteiger partial charge in [-0.25, -0.2) is 0 Å². The van der Waals surface area contributed by atoms with Crippen molar-refractivity contribution in [1.29, 1.82) is 5.41 Å². The molecule has 1 aromatic heterocycles. The van der Waals surface area contributed by atoms with E-state index in [2.05, 4.69) is 0 Å². The van der Waals surface area contributed by atoms with Gasteiger partial charge in [-0.15, -0.1) is 11.6 Å². The third-order valence-corrected chi connectivity index (χ3v) is 4.50. The molecule has 0 spiro atoms. The second-order valence-corrected chi connectivity index (χ2v) is 5.78. The summed E-state index contributed by atoms with van der Waals surface area (Å²) < 4.78 is 40.6. The number of nitrogens with zero attached hydrogens (tertiary/aromatic N) is 1. The topological polar surface area (TPSA) is 28.8 Å². The Kier molecular flexibility index (Phi) is 2.50. The molecule has 0 bridgehead atoms. The van der Waals surface area contributed by atoms with E-state index in [-0.39, 0.29) is 4.80 Å². The fourth-order valence-electron chi connectivity index (χ4n) is 2.27. The van der Waals surface area contributed by atoms with Crippen LogP contribution in [-0.2, 0) is 12.7 Å². The highest BCUT2D eigenvalue weighted by molar-refractivity contribution is 7.16. The minimum absolute atomic E-state index is 0.272. The third kappa shape index (κ3) is 1.66. The van der Waals surface area contributed by atoms with Gasteiger partial charge in [0.05, 0.1) is 21.2 Å². The van der Waals surface area contributed by atoms with Crippen LogP contribution in [0.1, 0.15) is 22.9 Å². The van der Waals surface area contributed by atoms with Gasteiger partial charge in [-0.2, -0.15) is 13.2 Å². The van der Waals surface area contributed by atoms with E-state index in [9.17, 15) is 13.2 Å². The highest BCUT2D eigenvalue weighted by Gasteiger charge is 2.33. The van der Waals surface area contributed by atoms with Crippen molar-refractivity contribution in [1.82, 2.24) is 4.57 Å². The first-order chi connectivity index (χ1) is 8.38. The summed E-state index contributed by atoms with van der Waals surface area (Å²) in [5.41, 5.74) is 0.484. The van der Waals surface area contributed by atoms with Crippen molar-refractivity contribution in [3.05, 3.63) is 28.1 Å². The highest BCUT2D eigenvalue weighted by atomic mass is 35.5. The van der Waals surface area contributed by atoms with Crippen molar-refractivity contribution in [3.63, 3.8) is 0 Å². The Morgan fingerprint density at radius 1 is 1.39 bits per heavy atom. The van der Waals surface area contributed by atoms with Crippen LogP contribution in [0, 0.1) is 5.41 Å². The average molecular weight is 293 g/mol. The fraction of sp³-hybridized carbons (Fsp3) is 0.364. The maximum atomic E-state index is 12.8. The fourth-order valence-corrected chi connectivity index (χ4v) is 3.55. The first-order valence-electron chi connectivity index (χ1n) is 5.31. The minimum atomic E-state index is -4.38. The maximum Gasteiger partial charge on any atom is 0.416 e. The summed E-state index contributed by atoms with van der Waals surface area (Å²) in [5.74, 6) is 0. The molecule has 1 aliphatic heterocycles. The van der Waals surface area contributed by atoms with Crippen LogP contribution in [0.4, 0.5) is 13.2 Å². The Morgan fingerprint density at radius 2 is 2.11 bits per heavy atom. The van der Waals surface area contributed by atoms with E-state index in [4.69, 9.17) is 17.0 Å². The molecule has 0 aliphatic carbocycles. The lowest BCUT2D eigenvalue weighted by Crippen LogP contribution is -2.19. The third-order valence-electron chi connectivity index (χ3n) is 3.10. The zero-order chi connectivity index (χ0) is 13.1. The molecule has 0 radical (unpaired) electrons. The maximum absolute atomic E-state index is 12.8. The number of alkyl halides is 4. The Labute approximate surface area is 109 Å². The molecule has 0 amide bonds. The molecule has 1 N–H and O–H groups in total. The largest absolute Gasteiger partial charge is 0.416 e. The monoisotopic (exact) mass is 292 g/mol. The smallest absolute Gasteiger partial charge is 0.317 e. The van der Waals surface area contributed by atoms with Gasteiger partial charge >= 0.3 is 6.18 Å². The van der Waals surface area contributed by atoms with Crippen molar-refractivity contribution in [2.24, 2.45) is 0 Å². The van der Waals surface area contributed by atoms with Crippen molar-refractivity contribution >= 4 is 33.2 Å². The number of nitrogens with one attached hydrogen (secondary N) is 1. The Bertz CT molecular complexity index is 686. The Hall–Kier alpha value is -1.01. The Morgan fingerprint density at radius 3 is 2.78 bits per heavy atom. The predicted molar refractivity (Wildman–Crippen MR) is 63.9 cm³/mol. The van der Waals surface area contributed by atoms with Gasteiger partial charge < -0.3 is 4.57 Å². The van der Waals surface area contributed by atoms with E-state index >= 15 is 0 Å². The zero-order valence-corrected chi connectivity index (χ0v) is 10.6. The molecule has 96 valence electrons. The number of benzene rings is 1. The van der Waals surface area contributed by atoms with Crippen LogP contribution < -0.4 is 4.80 Å². The summed E-state index contributed by atoms with van der Waals surface area (Å²) in [4.78, 5) is 0.272. The van der Waals surface area contributed by atoms with Gasteiger partial charge in [0.25, 0.3) is 0 Å². The molecule has 2 aromatic rings. The first-order valence-corrected chi connectivity index (χ1v) is 6.56. The van der Waals surface area contributed by atoms with Crippen molar-refractivity contribution in [2.75, 3.05) is 0 Å². The normalized spacial score (nSPS) is 19.4. The van der Waals surface area contributed by atoms with Crippen molar-refractivity contribution < 1.29 is 13.2 Å². The van der Waals surface area contributed by atoms with Gasteiger partial charge in [0, 0.05) is 6.54 Å². The Balaban J connectivity index is 2.40. The van der Waals surface area contributed by atoms with E-state index in [1.54, 1.807) is 4.57 Å². The van der Waals surface area contributed by atoms with Crippen LogP contribution in [-0.4, -0.2) is 4.57 Å². The molecule has 0 fully saturated rings. The van der Waals surface area contributed by atoms with Gasteiger partial charge in [0.2, 0.25) is 0 Å². The molecular weight excluding hydrogens is 285 g/mol. The number of thiazole rings is 1. The second kappa shape index (κ2) is 3.74. The molecule has 2 heterocycles. The van der Waals surface area contributed by atoms with Crippen LogP contribution in [0.25, 0.3) is 10.2 Å². The molecule has 1 atom stereocenters. The molecule has 18 heavy (non-hydrogen) atoms. The SMILES string of the molecule is N=c1sc2cc(C(F)(F)F)cc3c2n1CCC3Cl. The molecular formula is C11H8ClF3N2S. The van der Waals surface area contributed by atoms with Crippen molar-refractivity contribution in [3.8, 4) is 0 Å². The summed E-state index contributed by atoms with van der Waals surface area (Å²) in [7, 11) is 0. The molecule has 3 rings (SSSR count). The van der Waals surface area contributed by atoms with E-state index in [1.807, 2.05) is 0 Å². The van der Waals surface area contributed by atoms with Crippen molar-refractivity contribution in [2.45, 2.75) is 24.5 Å². The van der Waals surface area contributed by atoms with Gasteiger partial charge in [0.15, 0.2) is 4.80 Å². The first kappa shape index (κ1) is 12.0. The number of hydrogen-bond donors (Lipinski definition) is 1. The van der Waals surface area contributed by atoms with Gasteiger partial charge in [-0.05, 0) is 24.1 Å². The lowest BCUT2D eigenvalue weighted by Gasteiger charge is -2.21. The number of rotatable bonds is 0. The van der Waals surface area contributed by atoms with Crippen LogP contribution in [0.2, 0.25) is 0 Å². The van der Waals surface area contributed by atoms with Gasteiger partial charge in [0.1, 0.15) is 0 Å². The highest BCUT2D eigenvalue weighted by Crippen LogP contribution is 2.40. The summed E-state index contributed by atoms with van der Waals surface area (Å²) in [5, 5.41) is 7.37. The van der Waals surface area contributed by atoms with E-state index in [1.165, 1.54) is 0 Å². The van der Waals surface area contributed by atoms with Crippen LogP contribution in [0.3, 0.4) is 0 Å². The lowest BCUT2D eigenvalue weighted by molar-refractivity contribution is -0.137. The van der Waals surface area contributed by atoms with Crippen LogP contribution >= 0.6 is 22.9 Å². The van der Waals surface area contributed by atoms with E-state index in [0.717, 1.165) is 23.5 Å². The second-order valence-electron chi connectivity index (χ2n) is 4.23. The minimum Gasteiger partial charge on any atom is -0.317 e. The predicted octanol–water partition coefficient (Wildman–Crippen LogP) is 3.88. The van der Waals surface area contributed by atoms with Gasteiger partial charge in [-0.1, -0.05) is 11.3 Å². The van der Waals surface area contributed by atoms with Crippen LogP contribution in [0.15, 0.2) is 12.1 Å². The summed E-state index contributed by atoms with van der Waals surface area (Å²) in [6, 6.07) is 2.22. The molecule has 0 saturated heterocycles. The van der Waals surface area contributed by atoms with Gasteiger partial charge in [-0.3, -0.25) is 5.41 Å². The molecule has 1 unspecified atom stereocenters. The summed E-state index contributed by atoms with van der Waals surface area (Å²) in [6.45, 7) is 0.589. The molecule has 7 heteroatoms.